The molecule has 0 bridgehead atoms. The Morgan fingerprint density at radius 2 is 1.70 bits per heavy atom. The Kier molecular flexibility index (Phi) is 1.77. The summed E-state index contributed by atoms with van der Waals surface area (Å²) in [5.74, 6) is 0.280. The molecule has 10 heavy (non-hydrogen) atoms. The Morgan fingerprint density at radius 3 is 1.80 bits per heavy atom. The molecule has 1 rings (SSSR count). The van der Waals surface area contributed by atoms with Crippen LogP contribution >= 0.6 is 0 Å². The van der Waals surface area contributed by atoms with Crippen LogP contribution in [0.3, 0.4) is 0 Å². The molecule has 0 spiro atoms. The van der Waals surface area contributed by atoms with Crippen LogP contribution in [0.2, 0.25) is 0 Å². The summed E-state index contributed by atoms with van der Waals surface area (Å²) in [6.07, 6.45) is -0.200. The molecular formula is C8H16O2. The van der Waals surface area contributed by atoms with Gasteiger partial charge in [0.1, 0.15) is 0 Å². The fraction of sp³-hybridized carbons (Fsp3) is 1.00. The average molecular weight is 144 g/mol. The lowest BCUT2D eigenvalue weighted by molar-refractivity contribution is -0.137. The van der Waals surface area contributed by atoms with Crippen molar-refractivity contribution in [2.75, 3.05) is 0 Å². The summed E-state index contributed by atoms with van der Waals surface area (Å²) in [5.41, 5.74) is 0.138. The van der Waals surface area contributed by atoms with Gasteiger partial charge in [0.05, 0.1) is 12.2 Å². The highest BCUT2D eigenvalue weighted by Crippen LogP contribution is 2.41. The summed E-state index contributed by atoms with van der Waals surface area (Å²) in [4.78, 5) is 0. The first-order valence-corrected chi connectivity index (χ1v) is 3.79. The Hall–Kier alpha value is -0.0800. The third-order valence-corrected chi connectivity index (χ3v) is 2.41. The normalized spacial score (nSPS) is 41.1. The van der Waals surface area contributed by atoms with E-state index in [4.69, 9.17) is 5.11 Å². The maximum absolute atomic E-state index is 9.26. The maximum atomic E-state index is 9.26. The van der Waals surface area contributed by atoms with Gasteiger partial charge in [0.15, 0.2) is 0 Å². The quantitative estimate of drug-likeness (QED) is 0.527. The van der Waals surface area contributed by atoms with Gasteiger partial charge in [-0.15, -0.1) is 0 Å². The van der Waals surface area contributed by atoms with Crippen LogP contribution in [0.25, 0.3) is 0 Å². The van der Waals surface area contributed by atoms with Crippen molar-refractivity contribution in [3.8, 4) is 0 Å². The van der Waals surface area contributed by atoms with Crippen molar-refractivity contribution in [3.05, 3.63) is 0 Å². The lowest BCUT2D eigenvalue weighted by atomic mass is 9.65. The van der Waals surface area contributed by atoms with Gasteiger partial charge in [-0.05, 0) is 17.8 Å². The molecule has 1 fully saturated rings. The predicted octanol–water partition coefficient (Wildman–Crippen LogP) is 0.774. The minimum atomic E-state index is -0.486. The van der Waals surface area contributed by atoms with Gasteiger partial charge >= 0.3 is 0 Å². The second kappa shape index (κ2) is 2.21. The fourth-order valence-corrected chi connectivity index (χ4v) is 1.48. The molecule has 0 unspecified atom stereocenters. The summed E-state index contributed by atoms with van der Waals surface area (Å²) in [6.45, 7) is 6.27. The second-order valence-electron chi connectivity index (χ2n) is 4.27. The van der Waals surface area contributed by atoms with Crippen molar-refractivity contribution < 1.29 is 10.2 Å². The van der Waals surface area contributed by atoms with Gasteiger partial charge in [-0.2, -0.15) is 0 Å². The standard InChI is InChI=1S/C8H16O2/c1-8(2,3)5-4-6(9)7(5)10/h5-7,9-10H,4H2,1-3H3/t5-,6-,7+/m0/s1. The molecule has 1 saturated carbocycles. The van der Waals surface area contributed by atoms with E-state index in [1.165, 1.54) is 0 Å². The number of rotatable bonds is 0. The van der Waals surface area contributed by atoms with E-state index in [-0.39, 0.29) is 11.3 Å². The minimum absolute atomic E-state index is 0.138. The number of aliphatic hydroxyl groups is 2. The molecule has 3 atom stereocenters. The van der Waals surface area contributed by atoms with Crippen LogP contribution in [0, 0.1) is 11.3 Å². The molecule has 1 aliphatic carbocycles. The molecule has 0 aromatic rings. The number of aliphatic hydroxyl groups excluding tert-OH is 2. The predicted molar refractivity (Wildman–Crippen MR) is 39.6 cm³/mol. The van der Waals surface area contributed by atoms with Crippen LogP contribution in [0.15, 0.2) is 0 Å². The van der Waals surface area contributed by atoms with Crippen LogP contribution < -0.4 is 0 Å². The van der Waals surface area contributed by atoms with Gasteiger partial charge in [-0.1, -0.05) is 20.8 Å². The maximum Gasteiger partial charge on any atom is 0.0833 e. The molecule has 0 saturated heterocycles. The number of hydrogen-bond acceptors (Lipinski definition) is 2. The lowest BCUT2D eigenvalue weighted by Crippen LogP contribution is -2.51. The van der Waals surface area contributed by atoms with Crippen LogP contribution in [0.5, 0.6) is 0 Å². The summed E-state index contributed by atoms with van der Waals surface area (Å²) in [7, 11) is 0. The molecule has 0 heterocycles. The van der Waals surface area contributed by atoms with Crippen molar-refractivity contribution in [3.63, 3.8) is 0 Å². The van der Waals surface area contributed by atoms with E-state index in [0.717, 1.165) is 6.42 Å². The van der Waals surface area contributed by atoms with Gasteiger partial charge in [0, 0.05) is 0 Å². The minimum Gasteiger partial charge on any atom is -0.390 e. The zero-order valence-corrected chi connectivity index (χ0v) is 6.83. The average Bonchev–Trinajstić information content (AvgIpc) is 1.79. The molecule has 2 nitrogen and oxygen atoms in total. The molecular weight excluding hydrogens is 128 g/mol. The van der Waals surface area contributed by atoms with Crippen molar-refractivity contribution >= 4 is 0 Å². The van der Waals surface area contributed by atoms with Gasteiger partial charge in [-0.3, -0.25) is 0 Å². The van der Waals surface area contributed by atoms with Crippen molar-refractivity contribution in [1.29, 1.82) is 0 Å². The Labute approximate surface area is 61.9 Å². The largest absolute Gasteiger partial charge is 0.390 e. The van der Waals surface area contributed by atoms with Gasteiger partial charge < -0.3 is 10.2 Å². The van der Waals surface area contributed by atoms with Gasteiger partial charge in [-0.25, -0.2) is 0 Å². The van der Waals surface area contributed by atoms with E-state index in [9.17, 15) is 5.11 Å². The Morgan fingerprint density at radius 1 is 1.20 bits per heavy atom. The SMILES string of the molecule is CC(C)(C)[C@H]1C[C@H](O)[C@@H]1O. The third-order valence-electron chi connectivity index (χ3n) is 2.41. The molecule has 0 radical (unpaired) electrons. The molecule has 0 aliphatic heterocycles. The zero-order chi connectivity index (χ0) is 7.94. The zero-order valence-electron chi connectivity index (χ0n) is 6.83. The fourth-order valence-electron chi connectivity index (χ4n) is 1.48. The molecule has 2 heteroatoms. The van der Waals surface area contributed by atoms with E-state index in [2.05, 4.69) is 20.8 Å². The Bertz CT molecular complexity index is 126. The lowest BCUT2D eigenvalue weighted by Gasteiger charge is -2.45. The van der Waals surface area contributed by atoms with E-state index < -0.39 is 12.2 Å². The monoisotopic (exact) mass is 144 g/mol. The summed E-state index contributed by atoms with van der Waals surface area (Å²) < 4.78 is 0. The van der Waals surface area contributed by atoms with Gasteiger partial charge in [0.2, 0.25) is 0 Å². The van der Waals surface area contributed by atoms with E-state index in [1.807, 2.05) is 0 Å². The van der Waals surface area contributed by atoms with Gasteiger partial charge in [0.25, 0.3) is 0 Å². The molecule has 60 valence electrons. The first-order chi connectivity index (χ1) is 4.43. The second-order valence-corrected chi connectivity index (χ2v) is 4.27. The molecule has 2 N–H and O–H groups in total. The summed E-state index contributed by atoms with van der Waals surface area (Å²) in [5, 5.41) is 18.3. The van der Waals surface area contributed by atoms with Crippen molar-refractivity contribution in [2.45, 2.75) is 39.4 Å². The van der Waals surface area contributed by atoms with E-state index in [0.29, 0.717) is 0 Å². The Balaban J connectivity index is 2.48. The number of hydrogen-bond donors (Lipinski definition) is 2. The van der Waals surface area contributed by atoms with Crippen LogP contribution in [0.1, 0.15) is 27.2 Å². The topological polar surface area (TPSA) is 40.5 Å². The van der Waals surface area contributed by atoms with Crippen molar-refractivity contribution in [1.82, 2.24) is 0 Å². The molecule has 1 aliphatic rings. The van der Waals surface area contributed by atoms with E-state index in [1.54, 1.807) is 0 Å². The van der Waals surface area contributed by atoms with Crippen LogP contribution in [-0.4, -0.2) is 22.4 Å². The highest BCUT2D eigenvalue weighted by molar-refractivity contribution is 4.94. The smallest absolute Gasteiger partial charge is 0.0833 e. The van der Waals surface area contributed by atoms with Crippen LogP contribution in [-0.2, 0) is 0 Å². The highest BCUT2D eigenvalue weighted by atomic mass is 16.3. The molecule has 0 amide bonds. The molecule has 0 aromatic heterocycles. The van der Waals surface area contributed by atoms with Crippen LogP contribution in [0.4, 0.5) is 0 Å². The van der Waals surface area contributed by atoms with E-state index >= 15 is 0 Å². The molecule has 0 aromatic carbocycles. The summed E-state index contributed by atoms with van der Waals surface area (Å²) >= 11 is 0. The summed E-state index contributed by atoms with van der Waals surface area (Å²) in [6, 6.07) is 0. The first kappa shape index (κ1) is 8.02. The first-order valence-electron chi connectivity index (χ1n) is 3.79. The van der Waals surface area contributed by atoms with Crippen molar-refractivity contribution in [2.24, 2.45) is 11.3 Å². The third kappa shape index (κ3) is 1.18. The highest BCUT2D eigenvalue weighted by Gasteiger charge is 2.44.